The third-order valence-electron chi connectivity index (χ3n) is 3.03. The SMILES string of the molecule is CCn1cc(C(=O)OCC(C)=O)c(=O)c2ccc(C)nc21. The van der Waals surface area contributed by atoms with E-state index in [1.165, 1.54) is 13.1 Å². The van der Waals surface area contributed by atoms with E-state index >= 15 is 0 Å². The molecule has 0 N–H and O–H groups in total. The summed E-state index contributed by atoms with van der Waals surface area (Å²) in [5.74, 6) is -1.07. The molecular weight excluding hydrogens is 272 g/mol. The van der Waals surface area contributed by atoms with Gasteiger partial charge in [0.2, 0.25) is 5.43 Å². The summed E-state index contributed by atoms with van der Waals surface area (Å²) in [5.41, 5.74) is 0.800. The van der Waals surface area contributed by atoms with Gasteiger partial charge in [-0.05, 0) is 32.9 Å². The minimum absolute atomic E-state index is 0.0868. The van der Waals surface area contributed by atoms with Crippen LogP contribution in [0.15, 0.2) is 23.1 Å². The molecule has 0 atom stereocenters. The van der Waals surface area contributed by atoms with Crippen LogP contribution in [0.5, 0.6) is 0 Å². The molecule has 2 aromatic heterocycles. The van der Waals surface area contributed by atoms with Crippen molar-refractivity contribution in [3.05, 3.63) is 39.8 Å². The van der Waals surface area contributed by atoms with Crippen molar-refractivity contribution in [1.29, 1.82) is 0 Å². The Balaban J connectivity index is 2.58. The first-order chi connectivity index (χ1) is 9.93. The first kappa shape index (κ1) is 14.9. The Labute approximate surface area is 121 Å². The number of carbonyl (C=O) groups is 2. The zero-order chi connectivity index (χ0) is 15.6. The van der Waals surface area contributed by atoms with Gasteiger partial charge < -0.3 is 9.30 Å². The van der Waals surface area contributed by atoms with Crippen LogP contribution in [-0.4, -0.2) is 27.9 Å². The molecule has 0 aliphatic rings. The normalized spacial score (nSPS) is 10.6. The summed E-state index contributed by atoms with van der Waals surface area (Å²) in [5, 5.41) is 0.361. The van der Waals surface area contributed by atoms with E-state index < -0.39 is 11.4 Å². The molecule has 0 amide bonds. The molecule has 0 saturated heterocycles. The molecule has 21 heavy (non-hydrogen) atoms. The van der Waals surface area contributed by atoms with E-state index in [-0.39, 0.29) is 18.0 Å². The number of nitrogens with zero attached hydrogens (tertiary/aromatic N) is 2. The number of rotatable bonds is 4. The predicted octanol–water partition coefficient (Wildman–Crippen LogP) is 1.47. The Morgan fingerprint density at radius 1 is 1.33 bits per heavy atom. The van der Waals surface area contributed by atoms with Crippen molar-refractivity contribution in [2.24, 2.45) is 0 Å². The average Bonchev–Trinajstić information content (AvgIpc) is 2.45. The minimum Gasteiger partial charge on any atom is -0.454 e. The maximum Gasteiger partial charge on any atom is 0.344 e. The number of carbonyl (C=O) groups excluding carboxylic acids is 2. The Morgan fingerprint density at radius 3 is 2.67 bits per heavy atom. The maximum absolute atomic E-state index is 12.4. The molecule has 0 aliphatic carbocycles. The van der Waals surface area contributed by atoms with Crippen LogP contribution in [0.25, 0.3) is 11.0 Å². The van der Waals surface area contributed by atoms with Crippen molar-refractivity contribution in [2.75, 3.05) is 6.61 Å². The van der Waals surface area contributed by atoms with E-state index in [4.69, 9.17) is 4.74 Å². The Bertz CT molecular complexity index is 777. The summed E-state index contributed by atoms with van der Waals surface area (Å²) in [4.78, 5) is 39.5. The largest absolute Gasteiger partial charge is 0.454 e. The van der Waals surface area contributed by atoms with E-state index in [2.05, 4.69) is 4.98 Å². The monoisotopic (exact) mass is 288 g/mol. The van der Waals surface area contributed by atoms with Crippen LogP contribution in [0.2, 0.25) is 0 Å². The lowest BCUT2D eigenvalue weighted by Gasteiger charge is -2.10. The minimum atomic E-state index is -0.792. The molecule has 0 spiro atoms. The second-order valence-electron chi connectivity index (χ2n) is 4.76. The Kier molecular flexibility index (Phi) is 4.16. The van der Waals surface area contributed by atoms with Crippen molar-refractivity contribution in [1.82, 2.24) is 9.55 Å². The molecule has 0 bridgehead atoms. The second kappa shape index (κ2) is 5.87. The van der Waals surface area contributed by atoms with Gasteiger partial charge in [-0.2, -0.15) is 0 Å². The fourth-order valence-electron chi connectivity index (χ4n) is 1.99. The summed E-state index contributed by atoms with van der Waals surface area (Å²) in [7, 11) is 0. The van der Waals surface area contributed by atoms with Gasteiger partial charge in [0.15, 0.2) is 5.78 Å². The van der Waals surface area contributed by atoms with E-state index in [9.17, 15) is 14.4 Å². The van der Waals surface area contributed by atoms with Crippen LogP contribution >= 0.6 is 0 Å². The van der Waals surface area contributed by atoms with Gasteiger partial charge in [-0.3, -0.25) is 9.59 Å². The summed E-state index contributed by atoms with van der Waals surface area (Å²) in [6.07, 6.45) is 1.43. The van der Waals surface area contributed by atoms with Gasteiger partial charge in [0.25, 0.3) is 0 Å². The molecule has 110 valence electrons. The molecule has 0 aliphatic heterocycles. The molecule has 0 aromatic carbocycles. The zero-order valence-corrected chi connectivity index (χ0v) is 12.2. The maximum atomic E-state index is 12.4. The lowest BCUT2D eigenvalue weighted by atomic mass is 10.2. The molecule has 0 radical (unpaired) electrons. The number of pyridine rings is 2. The quantitative estimate of drug-likeness (QED) is 0.796. The summed E-state index contributed by atoms with van der Waals surface area (Å²) < 4.78 is 6.54. The topological polar surface area (TPSA) is 78.3 Å². The number of ketones is 1. The van der Waals surface area contributed by atoms with Gasteiger partial charge in [0.05, 0.1) is 5.39 Å². The molecule has 2 rings (SSSR count). The highest BCUT2D eigenvalue weighted by molar-refractivity contribution is 5.94. The summed E-state index contributed by atoms with van der Waals surface area (Å²) in [6, 6.07) is 3.36. The van der Waals surface area contributed by atoms with Gasteiger partial charge in [0, 0.05) is 18.4 Å². The first-order valence-corrected chi connectivity index (χ1v) is 6.61. The smallest absolute Gasteiger partial charge is 0.344 e. The van der Waals surface area contributed by atoms with E-state index in [1.54, 1.807) is 16.7 Å². The fraction of sp³-hybridized carbons (Fsp3) is 0.333. The number of ether oxygens (including phenoxy) is 1. The van der Waals surface area contributed by atoms with E-state index in [1.807, 2.05) is 13.8 Å². The second-order valence-corrected chi connectivity index (χ2v) is 4.76. The summed E-state index contributed by atoms with van der Waals surface area (Å²) in [6.45, 7) is 5.25. The standard InChI is InChI=1S/C15H16N2O4/c1-4-17-7-12(15(20)21-8-10(3)18)13(19)11-6-5-9(2)16-14(11)17/h5-7H,4,8H2,1-3H3. The van der Waals surface area contributed by atoms with Crippen molar-refractivity contribution in [3.63, 3.8) is 0 Å². The number of hydrogen-bond acceptors (Lipinski definition) is 5. The fourth-order valence-corrected chi connectivity index (χ4v) is 1.99. The molecule has 0 unspecified atom stereocenters. The van der Waals surface area contributed by atoms with Crippen molar-refractivity contribution in [2.45, 2.75) is 27.3 Å². The highest BCUT2D eigenvalue weighted by atomic mass is 16.5. The third-order valence-corrected chi connectivity index (χ3v) is 3.03. The number of Topliss-reactive ketones (excluding diaryl/α,β-unsaturated/α-hetero) is 1. The molecule has 0 fully saturated rings. The molecule has 0 saturated carbocycles. The number of fused-ring (bicyclic) bond motifs is 1. The Morgan fingerprint density at radius 2 is 2.05 bits per heavy atom. The number of esters is 1. The summed E-state index contributed by atoms with van der Waals surface area (Å²) >= 11 is 0. The van der Waals surface area contributed by atoms with Crippen LogP contribution in [0.1, 0.15) is 29.9 Å². The third kappa shape index (κ3) is 2.99. The van der Waals surface area contributed by atoms with Crippen molar-refractivity contribution < 1.29 is 14.3 Å². The van der Waals surface area contributed by atoms with Crippen molar-refractivity contribution >= 4 is 22.8 Å². The number of aromatic nitrogens is 2. The molecule has 6 heteroatoms. The van der Waals surface area contributed by atoms with Crippen LogP contribution < -0.4 is 5.43 Å². The van der Waals surface area contributed by atoms with Gasteiger partial charge in [-0.25, -0.2) is 9.78 Å². The van der Waals surface area contributed by atoms with Crippen LogP contribution in [0, 0.1) is 6.92 Å². The molecule has 6 nitrogen and oxygen atoms in total. The van der Waals surface area contributed by atoms with Gasteiger partial charge in [-0.1, -0.05) is 0 Å². The first-order valence-electron chi connectivity index (χ1n) is 6.61. The lowest BCUT2D eigenvalue weighted by molar-refractivity contribution is -0.120. The molecular formula is C15H16N2O4. The predicted molar refractivity (Wildman–Crippen MR) is 77.4 cm³/mol. The average molecular weight is 288 g/mol. The van der Waals surface area contributed by atoms with Gasteiger partial charge in [0.1, 0.15) is 17.8 Å². The van der Waals surface area contributed by atoms with E-state index in [0.29, 0.717) is 17.6 Å². The Hall–Kier alpha value is -2.50. The van der Waals surface area contributed by atoms with Crippen molar-refractivity contribution in [3.8, 4) is 0 Å². The number of aryl methyl sites for hydroxylation is 2. The highest BCUT2D eigenvalue weighted by Gasteiger charge is 2.17. The highest BCUT2D eigenvalue weighted by Crippen LogP contribution is 2.11. The molecule has 2 aromatic rings. The zero-order valence-electron chi connectivity index (χ0n) is 12.2. The van der Waals surface area contributed by atoms with E-state index in [0.717, 1.165) is 5.69 Å². The van der Waals surface area contributed by atoms with Gasteiger partial charge >= 0.3 is 5.97 Å². The van der Waals surface area contributed by atoms with Crippen LogP contribution in [0.3, 0.4) is 0 Å². The lowest BCUT2D eigenvalue weighted by Crippen LogP contribution is -2.22. The van der Waals surface area contributed by atoms with Crippen LogP contribution in [0.4, 0.5) is 0 Å². The van der Waals surface area contributed by atoms with Gasteiger partial charge in [-0.15, -0.1) is 0 Å². The number of hydrogen-bond donors (Lipinski definition) is 0. The molecule has 2 heterocycles. The van der Waals surface area contributed by atoms with Crippen LogP contribution in [-0.2, 0) is 16.1 Å².